The maximum Gasteiger partial charge on any atom is 0.212 e. The third-order valence-corrected chi connectivity index (χ3v) is 5.45. The van der Waals surface area contributed by atoms with Crippen LogP contribution in [0, 0.1) is 11.6 Å². The zero-order chi connectivity index (χ0) is 20.0. The van der Waals surface area contributed by atoms with E-state index in [4.69, 9.17) is 9.47 Å². The van der Waals surface area contributed by atoms with Crippen LogP contribution >= 0.6 is 0 Å². The van der Waals surface area contributed by atoms with Gasteiger partial charge in [0, 0.05) is 43.5 Å². The second kappa shape index (κ2) is 7.16. The monoisotopic (exact) mass is 399 g/mol. The Labute approximate surface area is 165 Å². The van der Waals surface area contributed by atoms with Gasteiger partial charge in [-0.3, -0.25) is 4.90 Å². The molecular formula is C20H19F2N5O2. The first-order valence-electron chi connectivity index (χ1n) is 9.34. The molecule has 0 saturated carbocycles. The summed E-state index contributed by atoms with van der Waals surface area (Å²) in [5.74, 6) is -0.696. The molecule has 2 aliphatic heterocycles. The largest absolute Gasteiger partial charge is 0.481 e. The predicted octanol–water partition coefficient (Wildman–Crippen LogP) is 2.58. The van der Waals surface area contributed by atoms with Gasteiger partial charge in [0.25, 0.3) is 0 Å². The molecule has 3 aromatic rings. The molecule has 0 bridgehead atoms. The minimum Gasteiger partial charge on any atom is -0.481 e. The van der Waals surface area contributed by atoms with Crippen molar-refractivity contribution in [3.8, 4) is 17.1 Å². The van der Waals surface area contributed by atoms with E-state index in [1.54, 1.807) is 13.3 Å². The number of hydrogen-bond donors (Lipinski definition) is 0. The molecule has 0 unspecified atom stereocenters. The summed E-state index contributed by atoms with van der Waals surface area (Å²) in [5, 5.41) is 8.45. The van der Waals surface area contributed by atoms with Gasteiger partial charge in [-0.1, -0.05) is 11.3 Å². The smallest absolute Gasteiger partial charge is 0.212 e. The lowest BCUT2D eigenvalue weighted by atomic mass is 10.1. The van der Waals surface area contributed by atoms with E-state index in [1.807, 2.05) is 16.8 Å². The normalized spacial score (nSPS) is 21.1. The van der Waals surface area contributed by atoms with Crippen molar-refractivity contribution >= 4 is 0 Å². The molecule has 0 aliphatic carbocycles. The molecule has 1 fully saturated rings. The third kappa shape index (κ3) is 3.26. The zero-order valence-corrected chi connectivity index (χ0v) is 15.8. The summed E-state index contributed by atoms with van der Waals surface area (Å²) < 4.78 is 40.4. The quantitative estimate of drug-likeness (QED) is 0.672. The van der Waals surface area contributed by atoms with Crippen molar-refractivity contribution in [3.05, 3.63) is 59.4 Å². The summed E-state index contributed by atoms with van der Waals surface area (Å²) in [6.45, 7) is 2.52. The molecule has 4 heterocycles. The summed E-state index contributed by atoms with van der Waals surface area (Å²) in [4.78, 5) is 6.52. The van der Waals surface area contributed by atoms with Gasteiger partial charge in [-0.15, -0.1) is 5.10 Å². The first kappa shape index (κ1) is 18.1. The van der Waals surface area contributed by atoms with E-state index in [-0.39, 0.29) is 24.3 Å². The Balaban J connectivity index is 1.37. The SMILES string of the molecule is COc1ccc(CN2C[C@@H]3[C@@H](C2)OCc2c(-c4ccc(F)cc4F)nnn23)cn1. The van der Waals surface area contributed by atoms with Gasteiger partial charge in [0.15, 0.2) is 0 Å². The molecule has 1 aromatic carbocycles. The minimum absolute atomic E-state index is 0.00489. The molecular weight excluding hydrogens is 380 g/mol. The van der Waals surface area contributed by atoms with Crippen molar-refractivity contribution in [2.45, 2.75) is 25.3 Å². The Morgan fingerprint density at radius 2 is 2.10 bits per heavy atom. The lowest BCUT2D eigenvalue weighted by Gasteiger charge is -2.26. The molecule has 5 rings (SSSR count). The van der Waals surface area contributed by atoms with E-state index in [0.29, 0.717) is 17.3 Å². The Morgan fingerprint density at radius 1 is 1.21 bits per heavy atom. The Bertz CT molecular complexity index is 1040. The van der Waals surface area contributed by atoms with E-state index in [1.165, 1.54) is 12.1 Å². The molecule has 2 aromatic heterocycles. The van der Waals surface area contributed by atoms with Crippen molar-refractivity contribution in [3.63, 3.8) is 0 Å². The Hall–Kier alpha value is -2.91. The molecule has 1 saturated heterocycles. The summed E-state index contributed by atoms with van der Waals surface area (Å²) in [5.41, 5.74) is 2.43. The number of fused-ring (bicyclic) bond motifs is 3. The van der Waals surface area contributed by atoms with Crippen molar-refractivity contribution in [1.29, 1.82) is 0 Å². The summed E-state index contributed by atoms with van der Waals surface area (Å²) in [6, 6.07) is 7.29. The average Bonchev–Trinajstić information content (AvgIpc) is 3.32. The van der Waals surface area contributed by atoms with Crippen LogP contribution in [0.3, 0.4) is 0 Å². The number of halogens is 2. The summed E-state index contributed by atoms with van der Waals surface area (Å²) >= 11 is 0. The lowest BCUT2D eigenvalue weighted by molar-refractivity contribution is -0.00495. The number of ether oxygens (including phenoxy) is 2. The molecule has 7 nitrogen and oxygen atoms in total. The van der Waals surface area contributed by atoms with Crippen LogP contribution in [0.25, 0.3) is 11.3 Å². The highest BCUT2D eigenvalue weighted by Gasteiger charge is 2.40. The molecule has 0 radical (unpaired) electrons. The van der Waals surface area contributed by atoms with Gasteiger partial charge in [-0.2, -0.15) is 0 Å². The van der Waals surface area contributed by atoms with Crippen molar-refractivity contribution in [1.82, 2.24) is 24.9 Å². The molecule has 2 atom stereocenters. The third-order valence-electron chi connectivity index (χ3n) is 5.45. The van der Waals surface area contributed by atoms with Gasteiger partial charge in [-0.25, -0.2) is 18.4 Å². The van der Waals surface area contributed by atoms with Crippen molar-refractivity contribution in [2.24, 2.45) is 0 Å². The van der Waals surface area contributed by atoms with Gasteiger partial charge in [0.1, 0.15) is 17.3 Å². The molecule has 29 heavy (non-hydrogen) atoms. The fraction of sp³-hybridized carbons (Fsp3) is 0.350. The Kier molecular flexibility index (Phi) is 4.48. The number of nitrogens with zero attached hydrogens (tertiary/aromatic N) is 5. The van der Waals surface area contributed by atoms with Crippen LogP contribution in [0.15, 0.2) is 36.5 Å². The van der Waals surface area contributed by atoms with Gasteiger partial charge in [-0.05, 0) is 17.7 Å². The highest BCUT2D eigenvalue weighted by Crippen LogP contribution is 2.35. The summed E-state index contributed by atoms with van der Waals surface area (Å²) in [6.07, 6.45) is 1.79. The van der Waals surface area contributed by atoms with Crippen LogP contribution < -0.4 is 4.74 Å². The number of rotatable bonds is 4. The van der Waals surface area contributed by atoms with Gasteiger partial charge >= 0.3 is 0 Å². The predicted molar refractivity (Wildman–Crippen MR) is 99.1 cm³/mol. The standard InChI is InChI=1S/C20H19F2N5O2/c1-28-19-5-2-12(7-23-19)8-26-9-16-18(10-26)29-11-17-20(24-25-27(16)17)14-4-3-13(21)6-15(14)22/h2-7,16,18H,8-11H2,1H3/t16-,18-/m1/s1. The van der Waals surface area contributed by atoms with Crippen LogP contribution in [-0.4, -0.2) is 51.2 Å². The van der Waals surface area contributed by atoms with E-state index in [2.05, 4.69) is 20.2 Å². The van der Waals surface area contributed by atoms with E-state index in [9.17, 15) is 8.78 Å². The number of hydrogen-bond acceptors (Lipinski definition) is 6. The maximum atomic E-state index is 14.2. The number of aromatic nitrogens is 4. The van der Waals surface area contributed by atoms with Gasteiger partial charge in [0.05, 0.1) is 31.6 Å². The summed E-state index contributed by atoms with van der Waals surface area (Å²) in [7, 11) is 1.59. The molecule has 150 valence electrons. The minimum atomic E-state index is -0.657. The second-order valence-corrected chi connectivity index (χ2v) is 7.27. The fourth-order valence-electron chi connectivity index (χ4n) is 4.03. The van der Waals surface area contributed by atoms with Crippen LogP contribution in [0.5, 0.6) is 5.88 Å². The first-order chi connectivity index (χ1) is 14.1. The number of benzene rings is 1. The van der Waals surface area contributed by atoms with Crippen molar-refractivity contribution < 1.29 is 18.3 Å². The topological polar surface area (TPSA) is 65.3 Å². The number of methoxy groups -OCH3 is 1. The fourth-order valence-corrected chi connectivity index (χ4v) is 4.03. The van der Waals surface area contributed by atoms with Crippen LogP contribution in [0.2, 0.25) is 0 Å². The molecule has 2 aliphatic rings. The Morgan fingerprint density at radius 3 is 2.86 bits per heavy atom. The second-order valence-electron chi connectivity index (χ2n) is 7.27. The molecule has 0 spiro atoms. The van der Waals surface area contributed by atoms with E-state index >= 15 is 0 Å². The first-order valence-corrected chi connectivity index (χ1v) is 9.34. The highest BCUT2D eigenvalue weighted by atomic mass is 19.1. The van der Waals surface area contributed by atoms with Crippen LogP contribution in [0.1, 0.15) is 17.3 Å². The lowest BCUT2D eigenvalue weighted by Crippen LogP contribution is -2.32. The van der Waals surface area contributed by atoms with Gasteiger partial charge < -0.3 is 9.47 Å². The zero-order valence-electron chi connectivity index (χ0n) is 15.8. The van der Waals surface area contributed by atoms with Crippen LogP contribution in [0.4, 0.5) is 8.78 Å². The van der Waals surface area contributed by atoms with E-state index in [0.717, 1.165) is 31.3 Å². The molecule has 0 N–H and O–H groups in total. The van der Waals surface area contributed by atoms with Gasteiger partial charge in [0.2, 0.25) is 5.88 Å². The maximum absolute atomic E-state index is 14.2. The van der Waals surface area contributed by atoms with E-state index < -0.39 is 11.6 Å². The highest BCUT2D eigenvalue weighted by molar-refractivity contribution is 5.62. The molecule has 0 amide bonds. The number of likely N-dealkylation sites (tertiary alicyclic amines) is 1. The number of pyridine rings is 1. The van der Waals surface area contributed by atoms with Crippen molar-refractivity contribution in [2.75, 3.05) is 20.2 Å². The van der Waals surface area contributed by atoms with Crippen LogP contribution in [-0.2, 0) is 17.9 Å². The molecule has 9 heteroatoms. The average molecular weight is 399 g/mol.